The number of rotatable bonds is 1. The maximum absolute atomic E-state index is 11.7. The van der Waals surface area contributed by atoms with Gasteiger partial charge in [0.25, 0.3) is 0 Å². The van der Waals surface area contributed by atoms with Crippen molar-refractivity contribution in [3.05, 3.63) is 64.7 Å². The van der Waals surface area contributed by atoms with Gasteiger partial charge < -0.3 is 10.2 Å². The number of hydrogen-bond donors (Lipinski definition) is 2. The highest BCUT2D eigenvalue weighted by molar-refractivity contribution is 5.74. The van der Waals surface area contributed by atoms with E-state index in [2.05, 4.69) is 24.8 Å². The number of aldehydes is 1. The van der Waals surface area contributed by atoms with Crippen molar-refractivity contribution in [2.75, 3.05) is 0 Å². The van der Waals surface area contributed by atoms with Crippen LogP contribution in [0.5, 0.6) is 5.75 Å². The molecule has 154 valence electrons. The molecule has 3 nitrogen and oxygen atoms in total. The Hall–Kier alpha value is -2.57. The molecule has 0 bridgehead atoms. The maximum atomic E-state index is 11.7. The van der Waals surface area contributed by atoms with Crippen LogP contribution in [0.3, 0.4) is 0 Å². The highest BCUT2D eigenvalue weighted by Gasteiger charge is 2.61. The van der Waals surface area contributed by atoms with E-state index in [-0.39, 0.29) is 5.41 Å². The summed E-state index contributed by atoms with van der Waals surface area (Å²) in [6.07, 6.45) is 6.72. The van der Waals surface area contributed by atoms with E-state index in [1.54, 1.807) is 12.1 Å². The minimum Gasteiger partial charge on any atom is -0.508 e. The van der Waals surface area contributed by atoms with Crippen LogP contribution < -0.4 is 0 Å². The molecule has 5 atom stereocenters. The van der Waals surface area contributed by atoms with Crippen molar-refractivity contribution in [2.24, 2.45) is 17.3 Å². The summed E-state index contributed by atoms with van der Waals surface area (Å²) in [7, 11) is 0. The Morgan fingerprint density at radius 2 is 1.87 bits per heavy atom. The first-order valence-corrected chi connectivity index (χ1v) is 11.1. The van der Waals surface area contributed by atoms with Crippen LogP contribution in [0.2, 0.25) is 0 Å². The highest BCUT2D eigenvalue weighted by Crippen LogP contribution is 2.64. The third-order valence-electron chi connectivity index (χ3n) is 8.32. The van der Waals surface area contributed by atoms with Gasteiger partial charge in [-0.3, -0.25) is 4.79 Å². The molecule has 0 radical (unpaired) electrons. The maximum Gasteiger partial charge on any atom is 0.150 e. The van der Waals surface area contributed by atoms with Gasteiger partial charge in [-0.2, -0.15) is 0 Å². The Morgan fingerprint density at radius 3 is 2.63 bits per heavy atom. The summed E-state index contributed by atoms with van der Waals surface area (Å²) in [4.78, 5) is 10.9. The summed E-state index contributed by atoms with van der Waals surface area (Å²) in [5.74, 6) is 8.37. The highest BCUT2D eigenvalue weighted by atomic mass is 16.3. The number of benzene rings is 2. The molecule has 3 aliphatic carbocycles. The third-order valence-corrected chi connectivity index (χ3v) is 8.32. The topological polar surface area (TPSA) is 57.5 Å². The van der Waals surface area contributed by atoms with Crippen LogP contribution in [0, 0.1) is 29.1 Å². The Labute approximate surface area is 178 Å². The van der Waals surface area contributed by atoms with Gasteiger partial charge in [-0.05, 0) is 91.7 Å². The molecule has 3 heteroatoms. The van der Waals surface area contributed by atoms with Crippen molar-refractivity contribution < 1.29 is 15.0 Å². The summed E-state index contributed by atoms with van der Waals surface area (Å²) >= 11 is 0. The Bertz CT molecular complexity index is 1040. The minimum absolute atomic E-state index is 0.196. The molecule has 2 aromatic rings. The lowest BCUT2D eigenvalue weighted by atomic mass is 9.53. The van der Waals surface area contributed by atoms with Crippen molar-refractivity contribution in [2.45, 2.75) is 57.0 Å². The van der Waals surface area contributed by atoms with E-state index in [0.29, 0.717) is 29.1 Å². The van der Waals surface area contributed by atoms with Gasteiger partial charge in [-0.1, -0.05) is 37.0 Å². The smallest absolute Gasteiger partial charge is 0.150 e. The van der Waals surface area contributed by atoms with Crippen molar-refractivity contribution >= 4 is 6.29 Å². The van der Waals surface area contributed by atoms with E-state index >= 15 is 0 Å². The third kappa shape index (κ3) is 2.89. The molecule has 5 rings (SSSR count). The number of fused-ring (bicyclic) bond motifs is 5. The lowest BCUT2D eigenvalue weighted by Crippen LogP contribution is -2.50. The van der Waals surface area contributed by atoms with Crippen LogP contribution in [0.15, 0.2) is 42.5 Å². The first-order valence-electron chi connectivity index (χ1n) is 11.1. The number of carbonyl (C=O) groups excluding carboxylic acids is 1. The largest absolute Gasteiger partial charge is 0.508 e. The van der Waals surface area contributed by atoms with Crippen molar-refractivity contribution in [1.29, 1.82) is 0 Å². The van der Waals surface area contributed by atoms with Crippen LogP contribution in [0.25, 0.3) is 0 Å². The summed E-state index contributed by atoms with van der Waals surface area (Å²) in [6.45, 7) is 2.25. The van der Waals surface area contributed by atoms with Gasteiger partial charge in [0.15, 0.2) is 0 Å². The molecule has 0 saturated heterocycles. The lowest BCUT2D eigenvalue weighted by Gasteiger charge is -2.52. The average Bonchev–Trinajstić information content (AvgIpc) is 3.03. The lowest BCUT2D eigenvalue weighted by molar-refractivity contribution is -0.0647. The molecule has 0 spiro atoms. The first-order chi connectivity index (χ1) is 14.4. The molecule has 2 fully saturated rings. The standard InChI is InChI=1S/C27H28O3/c1-26-13-11-23-22-9-7-21(29)16-20(22)6-8-24(23)25(26)12-15-27(26,30)14-10-18-2-4-19(17-28)5-3-18/h2-5,7,9,16-17,23-25,29-30H,6,8,11-13,15H2,1H3/t23-,24-,25+,26+,27+/m1/s1. The zero-order valence-electron chi connectivity index (χ0n) is 17.4. The number of phenolic OH excluding ortho intramolecular Hbond substituents is 1. The van der Waals surface area contributed by atoms with Gasteiger partial charge in [0.2, 0.25) is 0 Å². The zero-order chi connectivity index (χ0) is 20.9. The second-order valence-corrected chi connectivity index (χ2v) is 9.64. The van der Waals surface area contributed by atoms with Crippen molar-refractivity contribution in [3.8, 4) is 17.6 Å². The Morgan fingerprint density at radius 1 is 1.07 bits per heavy atom. The van der Waals surface area contributed by atoms with Gasteiger partial charge in [-0.15, -0.1) is 0 Å². The summed E-state index contributed by atoms with van der Waals surface area (Å²) in [5.41, 5.74) is 3.01. The summed E-state index contributed by atoms with van der Waals surface area (Å²) in [6, 6.07) is 13.1. The van der Waals surface area contributed by atoms with Crippen LogP contribution in [0.1, 0.15) is 72.0 Å². The molecule has 3 aliphatic rings. The molecule has 0 aliphatic heterocycles. The van der Waals surface area contributed by atoms with E-state index in [4.69, 9.17) is 0 Å². The van der Waals surface area contributed by atoms with Crippen molar-refractivity contribution in [3.63, 3.8) is 0 Å². The summed E-state index contributed by atoms with van der Waals surface area (Å²) < 4.78 is 0. The van der Waals surface area contributed by atoms with Gasteiger partial charge in [0, 0.05) is 16.5 Å². The fourth-order valence-electron chi connectivity index (χ4n) is 6.61. The molecule has 2 aromatic carbocycles. The molecule has 30 heavy (non-hydrogen) atoms. The first kappa shape index (κ1) is 19.4. The number of hydrogen-bond acceptors (Lipinski definition) is 3. The van der Waals surface area contributed by atoms with Crippen LogP contribution in [-0.2, 0) is 6.42 Å². The van der Waals surface area contributed by atoms with Gasteiger partial charge in [0.05, 0.1) is 0 Å². The van der Waals surface area contributed by atoms with Crippen molar-refractivity contribution in [1.82, 2.24) is 0 Å². The minimum atomic E-state index is -0.971. The number of aryl methyl sites for hydroxylation is 1. The predicted octanol–water partition coefficient (Wildman–Crippen LogP) is 4.84. The number of aliphatic hydroxyl groups is 1. The van der Waals surface area contributed by atoms with E-state index < -0.39 is 5.60 Å². The van der Waals surface area contributed by atoms with Crippen LogP contribution >= 0.6 is 0 Å². The number of carbonyl (C=O) groups is 1. The SMILES string of the molecule is C[C@]12CC[C@@H]3c4ccc(O)cc4CC[C@H]3[C@@H]1CC[C@@]2(O)C#Cc1ccc(C=O)cc1. The number of aromatic hydroxyl groups is 1. The molecule has 0 aromatic heterocycles. The Kier molecular flexibility index (Phi) is 4.52. The average molecular weight is 401 g/mol. The molecule has 0 amide bonds. The Balaban J connectivity index is 1.43. The molecular formula is C27H28O3. The van der Waals surface area contributed by atoms with E-state index in [0.717, 1.165) is 50.4 Å². The van der Waals surface area contributed by atoms with Gasteiger partial charge in [-0.25, -0.2) is 0 Å². The predicted molar refractivity (Wildman–Crippen MR) is 116 cm³/mol. The summed E-state index contributed by atoms with van der Waals surface area (Å²) in [5, 5.41) is 21.5. The quantitative estimate of drug-likeness (QED) is 0.532. The second kappa shape index (κ2) is 7.00. The molecule has 0 heterocycles. The fourth-order valence-corrected chi connectivity index (χ4v) is 6.61. The molecule has 2 N–H and O–H groups in total. The molecule has 0 unspecified atom stereocenters. The monoisotopic (exact) mass is 400 g/mol. The van der Waals surface area contributed by atoms with Gasteiger partial charge >= 0.3 is 0 Å². The number of phenols is 1. The normalized spacial score (nSPS) is 34.1. The molecular weight excluding hydrogens is 372 g/mol. The second-order valence-electron chi connectivity index (χ2n) is 9.64. The molecule has 2 saturated carbocycles. The van der Waals surface area contributed by atoms with Crippen LogP contribution in [0.4, 0.5) is 0 Å². The fraction of sp³-hybridized carbons (Fsp3) is 0.444. The van der Waals surface area contributed by atoms with E-state index in [1.165, 1.54) is 11.1 Å². The van der Waals surface area contributed by atoms with E-state index in [9.17, 15) is 15.0 Å². The van der Waals surface area contributed by atoms with Crippen LogP contribution in [-0.4, -0.2) is 22.1 Å². The zero-order valence-corrected chi connectivity index (χ0v) is 17.4. The van der Waals surface area contributed by atoms with Gasteiger partial charge in [0.1, 0.15) is 17.6 Å². The van der Waals surface area contributed by atoms with E-state index in [1.807, 2.05) is 24.3 Å².